The summed E-state index contributed by atoms with van der Waals surface area (Å²) in [6.45, 7) is 18.3. The molecule has 1 spiro atoms. The lowest BCUT2D eigenvalue weighted by molar-refractivity contribution is -0.171. The lowest BCUT2D eigenvalue weighted by Crippen LogP contribution is -2.72. The first-order chi connectivity index (χ1) is 20.6. The van der Waals surface area contributed by atoms with Crippen molar-refractivity contribution in [1.82, 2.24) is 0 Å². The van der Waals surface area contributed by atoms with Crippen LogP contribution < -0.4 is 9.47 Å². The summed E-state index contributed by atoms with van der Waals surface area (Å²) in [7, 11) is 0. The van der Waals surface area contributed by atoms with Gasteiger partial charge in [0, 0.05) is 29.4 Å². The van der Waals surface area contributed by atoms with Crippen LogP contribution in [0.1, 0.15) is 109 Å². The van der Waals surface area contributed by atoms with Gasteiger partial charge >= 0.3 is 0 Å². The Balaban J connectivity index is 1.59. The predicted molar refractivity (Wildman–Crippen MR) is 172 cm³/mol. The summed E-state index contributed by atoms with van der Waals surface area (Å²) in [6.07, 6.45) is 14.9. The number of rotatable bonds is 7. The number of hydrogen-bond donors (Lipinski definition) is 1. The van der Waals surface area contributed by atoms with Crippen molar-refractivity contribution in [3.63, 3.8) is 0 Å². The molecule has 1 N–H and O–H groups in total. The molecule has 1 aromatic rings. The molecule has 6 aliphatic rings. The second-order valence-electron chi connectivity index (χ2n) is 14.9. The molecule has 1 saturated heterocycles. The van der Waals surface area contributed by atoms with Crippen LogP contribution in [0.25, 0.3) is 6.08 Å². The molecule has 4 unspecified atom stereocenters. The van der Waals surface area contributed by atoms with E-state index in [0.717, 1.165) is 24.0 Å². The van der Waals surface area contributed by atoms with Gasteiger partial charge in [-0.15, -0.1) is 0 Å². The Hall–Kier alpha value is -3.38. The van der Waals surface area contributed by atoms with Crippen LogP contribution in [0, 0.1) is 11.8 Å². The zero-order chi connectivity index (χ0) is 32.0. The lowest BCUT2D eigenvalue weighted by Gasteiger charge is -2.56. The van der Waals surface area contributed by atoms with Gasteiger partial charge in [0.15, 0.2) is 22.8 Å². The third-order valence-electron chi connectivity index (χ3n) is 10.2. The summed E-state index contributed by atoms with van der Waals surface area (Å²) >= 11 is 0. The van der Waals surface area contributed by atoms with E-state index in [1.54, 1.807) is 6.08 Å². The Labute approximate surface area is 261 Å². The van der Waals surface area contributed by atoms with Crippen molar-refractivity contribution in [2.45, 2.75) is 117 Å². The van der Waals surface area contributed by atoms with E-state index < -0.39 is 28.3 Å². The first-order valence-corrected chi connectivity index (χ1v) is 16.0. The van der Waals surface area contributed by atoms with Gasteiger partial charge in [0.25, 0.3) is 0 Å². The van der Waals surface area contributed by atoms with Crippen molar-refractivity contribution in [3.05, 3.63) is 69.4 Å². The summed E-state index contributed by atoms with van der Waals surface area (Å²) in [6, 6.07) is 0. The molecule has 2 fully saturated rings. The maximum absolute atomic E-state index is 14.7. The number of allylic oxidation sites excluding steroid dienone is 6. The number of aromatic hydroxyl groups is 1. The van der Waals surface area contributed by atoms with E-state index in [9.17, 15) is 14.7 Å². The molecule has 7 rings (SSSR count). The van der Waals surface area contributed by atoms with Gasteiger partial charge < -0.3 is 19.3 Å². The van der Waals surface area contributed by atoms with Gasteiger partial charge in [-0.25, -0.2) is 0 Å². The molecule has 1 aromatic carbocycles. The number of ether oxygens (including phenoxy) is 3. The summed E-state index contributed by atoms with van der Waals surface area (Å²) in [4.78, 5) is 29.0. The zero-order valence-electron chi connectivity index (χ0n) is 27.6. The fraction of sp³-hybridized carbons (Fsp3) is 0.526. The van der Waals surface area contributed by atoms with Crippen LogP contribution in [0.3, 0.4) is 0 Å². The fourth-order valence-corrected chi connectivity index (χ4v) is 8.14. The monoisotopic (exact) mass is 598 g/mol. The predicted octanol–water partition coefficient (Wildman–Crippen LogP) is 8.17. The van der Waals surface area contributed by atoms with Crippen LogP contribution in [-0.2, 0) is 16.0 Å². The van der Waals surface area contributed by atoms with Crippen molar-refractivity contribution < 1.29 is 28.9 Å². The average molecular weight is 599 g/mol. The maximum atomic E-state index is 14.7. The van der Waals surface area contributed by atoms with E-state index in [1.165, 1.54) is 5.57 Å². The minimum Gasteiger partial charge on any atom is -0.506 e. The van der Waals surface area contributed by atoms with Crippen LogP contribution in [0.2, 0.25) is 0 Å². The molecule has 0 aromatic heterocycles. The van der Waals surface area contributed by atoms with Crippen LogP contribution in [0.5, 0.6) is 17.2 Å². The second-order valence-corrected chi connectivity index (χ2v) is 14.9. The highest BCUT2D eigenvalue weighted by Gasteiger charge is 2.81. The first-order valence-electron chi connectivity index (χ1n) is 16.0. The lowest BCUT2D eigenvalue weighted by atomic mass is 9.51. The molecule has 3 aliphatic carbocycles. The third-order valence-corrected chi connectivity index (χ3v) is 10.2. The first kappa shape index (κ1) is 30.6. The number of carbonyl (C=O) groups is 2. The molecular formula is C38H46O6. The summed E-state index contributed by atoms with van der Waals surface area (Å²) < 4.78 is 20.8. The molecule has 1 saturated carbocycles. The van der Waals surface area contributed by atoms with E-state index in [0.29, 0.717) is 47.5 Å². The molecule has 0 radical (unpaired) electrons. The van der Waals surface area contributed by atoms with E-state index in [1.807, 2.05) is 66.7 Å². The largest absolute Gasteiger partial charge is 0.506 e. The topological polar surface area (TPSA) is 82.1 Å². The molecule has 5 atom stereocenters. The van der Waals surface area contributed by atoms with Crippen molar-refractivity contribution in [1.29, 1.82) is 0 Å². The zero-order valence-corrected chi connectivity index (χ0v) is 27.6. The van der Waals surface area contributed by atoms with Crippen LogP contribution in [-0.4, -0.2) is 39.1 Å². The summed E-state index contributed by atoms with van der Waals surface area (Å²) in [5.74, 6) is -0.296. The normalized spacial score (nSPS) is 31.6. The highest BCUT2D eigenvalue weighted by Crippen LogP contribution is 2.68. The molecular weight excluding hydrogens is 552 g/mol. The Bertz CT molecular complexity index is 1620. The Kier molecular flexibility index (Phi) is 7.01. The number of benzene rings is 1. The molecule has 0 amide bonds. The number of phenols is 1. The third kappa shape index (κ3) is 4.23. The van der Waals surface area contributed by atoms with Crippen molar-refractivity contribution in [3.8, 4) is 17.2 Å². The second kappa shape index (κ2) is 10.1. The Morgan fingerprint density at radius 2 is 1.64 bits per heavy atom. The van der Waals surface area contributed by atoms with Gasteiger partial charge in [0.1, 0.15) is 28.4 Å². The van der Waals surface area contributed by atoms with Crippen LogP contribution >= 0.6 is 0 Å². The maximum Gasteiger partial charge on any atom is 0.200 e. The van der Waals surface area contributed by atoms with Crippen molar-refractivity contribution in [2.24, 2.45) is 11.8 Å². The van der Waals surface area contributed by atoms with Crippen molar-refractivity contribution >= 4 is 17.6 Å². The van der Waals surface area contributed by atoms with E-state index in [4.69, 9.17) is 14.2 Å². The molecule has 4 bridgehead atoms. The minimum absolute atomic E-state index is 0.0316. The number of ketones is 2. The number of Topliss-reactive ketones (excluding diaryl/α,β-unsaturated/α-hetero) is 2. The number of fused-ring (bicyclic) bond motifs is 2. The van der Waals surface area contributed by atoms with E-state index in [2.05, 4.69) is 26.0 Å². The van der Waals surface area contributed by atoms with Crippen LogP contribution in [0.15, 0.2) is 52.7 Å². The highest BCUT2D eigenvalue weighted by atomic mass is 16.6. The van der Waals surface area contributed by atoms with E-state index >= 15 is 0 Å². The number of carbonyl (C=O) groups excluding carboxylic acids is 2. The number of hydrogen-bond acceptors (Lipinski definition) is 6. The molecule has 6 heteroatoms. The smallest absolute Gasteiger partial charge is 0.200 e. The molecule has 3 heterocycles. The van der Waals surface area contributed by atoms with Crippen molar-refractivity contribution in [2.75, 3.05) is 0 Å². The molecule has 6 nitrogen and oxygen atoms in total. The summed E-state index contributed by atoms with van der Waals surface area (Å²) in [5, 5.41) is 11.8. The Morgan fingerprint density at radius 1 is 0.955 bits per heavy atom. The van der Waals surface area contributed by atoms with Gasteiger partial charge in [-0.2, -0.15) is 0 Å². The number of phenolic OH excluding ortho intramolecular Hbond substituents is 1. The van der Waals surface area contributed by atoms with Crippen LogP contribution in [0.4, 0.5) is 0 Å². The van der Waals surface area contributed by atoms with Gasteiger partial charge in [-0.1, -0.05) is 41.0 Å². The van der Waals surface area contributed by atoms with Gasteiger partial charge in [0.2, 0.25) is 0 Å². The van der Waals surface area contributed by atoms with E-state index in [-0.39, 0.29) is 28.8 Å². The quantitative estimate of drug-likeness (QED) is 0.319. The van der Waals surface area contributed by atoms with Gasteiger partial charge in [-0.05, 0) is 100 Å². The van der Waals surface area contributed by atoms with Gasteiger partial charge in [0.05, 0.1) is 11.2 Å². The van der Waals surface area contributed by atoms with Gasteiger partial charge in [-0.3, -0.25) is 9.59 Å². The standard InChI is InChI=1S/C38H46O6/c1-21(2)11-10-16-36(9)17-15-25-30(39)29-31(40)27-19-24-20-28-35(7,8)44-37(34(24)41,18-14-23(5)6)38(27,28)43-33(29)26(32(25)42-36)13-12-22(3)4/h11-12,14-15,17,19,24,28,39H,10,13,16,18,20H2,1-9H3/t24?,28-,36?,37?,38?/m0/s1. The SMILES string of the molecule is CC(C)=CCCC1(C)C=Cc2c(O)c3c(c(CC=C(C)C)c2O1)OC12C(=CC4C[C@H]1C(C)(C)OC2(CC=C(C)C)C4=O)C3=O. The fourth-order valence-electron chi connectivity index (χ4n) is 8.14. The summed E-state index contributed by atoms with van der Waals surface area (Å²) in [5.41, 5.74) is 1.22. The molecule has 3 aliphatic heterocycles. The average Bonchev–Trinajstić information content (AvgIpc) is 3.08. The molecule has 44 heavy (non-hydrogen) atoms. The molecule has 234 valence electrons. The minimum atomic E-state index is -1.35. The highest BCUT2D eigenvalue weighted by molar-refractivity contribution is 6.19. The Morgan fingerprint density at radius 3 is 2.30 bits per heavy atom.